The highest BCUT2D eigenvalue weighted by atomic mass is 19.1. The average molecular weight is 361 g/mol. The van der Waals surface area contributed by atoms with Crippen molar-refractivity contribution in [2.75, 3.05) is 6.54 Å². The SMILES string of the molecule is N#Cc1ccc(-c2cccc(CN3C[C@]4(N)CC[C@H]3C4)c2C2CC2)cc1F. The molecular weight excluding hydrogens is 337 g/mol. The fraction of sp³-hybridized carbons (Fsp3) is 0.435. The summed E-state index contributed by atoms with van der Waals surface area (Å²) in [6.07, 6.45) is 5.87. The maximum absolute atomic E-state index is 14.2. The van der Waals surface area contributed by atoms with Gasteiger partial charge in [0, 0.05) is 24.7 Å². The molecule has 2 bridgehead atoms. The van der Waals surface area contributed by atoms with Crippen molar-refractivity contribution in [3.8, 4) is 17.2 Å². The van der Waals surface area contributed by atoms with Crippen molar-refractivity contribution in [1.29, 1.82) is 5.26 Å². The summed E-state index contributed by atoms with van der Waals surface area (Å²) in [5, 5.41) is 9.00. The molecule has 0 aromatic heterocycles. The van der Waals surface area contributed by atoms with Crippen molar-refractivity contribution in [2.45, 2.75) is 56.1 Å². The number of nitrogens with two attached hydrogens (primary N) is 1. The Kier molecular flexibility index (Phi) is 3.86. The van der Waals surface area contributed by atoms with Crippen LogP contribution in [0.3, 0.4) is 0 Å². The molecular formula is C23H24FN3. The van der Waals surface area contributed by atoms with Gasteiger partial charge in [0.2, 0.25) is 0 Å². The van der Waals surface area contributed by atoms with E-state index in [2.05, 4.69) is 23.1 Å². The fourth-order valence-electron chi connectivity index (χ4n) is 5.15. The van der Waals surface area contributed by atoms with E-state index in [1.165, 1.54) is 36.5 Å². The van der Waals surface area contributed by atoms with Gasteiger partial charge in [-0.2, -0.15) is 5.26 Å². The van der Waals surface area contributed by atoms with Crippen LogP contribution in [0.5, 0.6) is 0 Å². The Morgan fingerprint density at radius 1 is 1.22 bits per heavy atom. The Bertz CT molecular complexity index is 943. The second-order valence-electron chi connectivity index (χ2n) is 8.62. The number of likely N-dealkylation sites (tertiary alicyclic amines) is 1. The third-order valence-electron chi connectivity index (χ3n) is 6.61. The van der Waals surface area contributed by atoms with Crippen molar-refractivity contribution in [3.63, 3.8) is 0 Å². The van der Waals surface area contributed by atoms with E-state index in [0.717, 1.165) is 37.1 Å². The highest BCUT2D eigenvalue weighted by Gasteiger charge is 2.46. The Morgan fingerprint density at radius 2 is 2.07 bits per heavy atom. The van der Waals surface area contributed by atoms with E-state index < -0.39 is 5.82 Å². The summed E-state index contributed by atoms with van der Waals surface area (Å²) in [5.41, 5.74) is 11.3. The molecule has 3 nitrogen and oxygen atoms in total. The number of fused-ring (bicyclic) bond motifs is 2. The topological polar surface area (TPSA) is 53.0 Å². The molecule has 2 atom stereocenters. The zero-order valence-corrected chi connectivity index (χ0v) is 15.4. The molecule has 1 saturated heterocycles. The summed E-state index contributed by atoms with van der Waals surface area (Å²) in [4.78, 5) is 2.55. The van der Waals surface area contributed by atoms with Gasteiger partial charge in [-0.25, -0.2) is 4.39 Å². The van der Waals surface area contributed by atoms with E-state index >= 15 is 0 Å². The predicted octanol–water partition coefficient (Wildman–Crippen LogP) is 4.31. The molecule has 2 aliphatic carbocycles. The van der Waals surface area contributed by atoms with Gasteiger partial charge in [0.1, 0.15) is 11.9 Å². The second-order valence-corrected chi connectivity index (χ2v) is 8.62. The summed E-state index contributed by atoms with van der Waals surface area (Å²) >= 11 is 0. The zero-order valence-electron chi connectivity index (χ0n) is 15.4. The molecule has 3 aliphatic rings. The summed E-state index contributed by atoms with van der Waals surface area (Å²) in [6.45, 7) is 1.92. The monoisotopic (exact) mass is 361 g/mol. The zero-order chi connectivity index (χ0) is 18.6. The van der Waals surface area contributed by atoms with Crippen LogP contribution in [0.25, 0.3) is 11.1 Å². The summed E-state index contributed by atoms with van der Waals surface area (Å²) < 4.78 is 14.2. The van der Waals surface area contributed by atoms with Crippen molar-refractivity contribution in [3.05, 3.63) is 58.9 Å². The summed E-state index contributed by atoms with van der Waals surface area (Å²) in [6, 6.07) is 13.9. The normalized spacial score (nSPS) is 27.1. The smallest absolute Gasteiger partial charge is 0.141 e. The number of nitriles is 1. The van der Waals surface area contributed by atoms with Gasteiger partial charge in [0.25, 0.3) is 0 Å². The average Bonchev–Trinajstić information content (AvgIpc) is 3.36. The standard InChI is InChI=1S/C23H24FN3/c24-21-10-16(6-7-17(21)12-25)20-3-1-2-18(22(20)15-4-5-15)13-27-14-23(26)9-8-19(27)11-23/h1-3,6-7,10,15,19H,4-5,8-9,11,13-14,26H2/t19-,23-/m0/s1. The number of benzene rings is 2. The molecule has 138 valence electrons. The van der Waals surface area contributed by atoms with Gasteiger partial charge in [-0.3, -0.25) is 4.90 Å². The number of hydrogen-bond acceptors (Lipinski definition) is 3. The third-order valence-corrected chi connectivity index (χ3v) is 6.61. The maximum Gasteiger partial charge on any atom is 0.141 e. The summed E-state index contributed by atoms with van der Waals surface area (Å²) in [7, 11) is 0. The van der Waals surface area contributed by atoms with Gasteiger partial charge in [-0.1, -0.05) is 24.3 Å². The van der Waals surface area contributed by atoms with Crippen molar-refractivity contribution < 1.29 is 4.39 Å². The number of nitrogens with zero attached hydrogens (tertiary/aromatic N) is 2. The molecule has 27 heavy (non-hydrogen) atoms. The minimum absolute atomic E-state index is 0.0122. The molecule has 0 unspecified atom stereocenters. The first-order valence-electron chi connectivity index (χ1n) is 9.91. The van der Waals surface area contributed by atoms with Crippen LogP contribution in [-0.4, -0.2) is 23.0 Å². The van der Waals surface area contributed by atoms with Gasteiger partial charge < -0.3 is 5.73 Å². The highest BCUT2D eigenvalue weighted by molar-refractivity contribution is 5.71. The minimum atomic E-state index is -0.441. The number of piperidine rings is 1. The quantitative estimate of drug-likeness (QED) is 0.883. The summed E-state index contributed by atoms with van der Waals surface area (Å²) in [5.74, 6) is 0.130. The molecule has 4 heteroatoms. The molecule has 2 saturated carbocycles. The number of rotatable bonds is 4. The van der Waals surface area contributed by atoms with Gasteiger partial charge in [0.05, 0.1) is 5.56 Å². The lowest BCUT2D eigenvalue weighted by Gasteiger charge is -2.31. The first-order valence-corrected chi connectivity index (χ1v) is 9.91. The largest absolute Gasteiger partial charge is 0.324 e. The Labute approximate surface area is 159 Å². The molecule has 0 amide bonds. The van der Waals surface area contributed by atoms with Crippen molar-refractivity contribution in [1.82, 2.24) is 4.90 Å². The maximum atomic E-state index is 14.2. The van der Waals surface area contributed by atoms with Crippen molar-refractivity contribution >= 4 is 0 Å². The Morgan fingerprint density at radius 3 is 2.70 bits per heavy atom. The predicted molar refractivity (Wildman–Crippen MR) is 103 cm³/mol. The second kappa shape index (κ2) is 6.15. The third kappa shape index (κ3) is 2.96. The van der Waals surface area contributed by atoms with Gasteiger partial charge in [-0.15, -0.1) is 0 Å². The molecule has 2 aromatic carbocycles. The van der Waals surface area contributed by atoms with Crippen LogP contribution < -0.4 is 5.73 Å². The van der Waals surface area contributed by atoms with Gasteiger partial charge >= 0.3 is 0 Å². The number of halogens is 1. The van der Waals surface area contributed by atoms with E-state index in [9.17, 15) is 4.39 Å². The van der Waals surface area contributed by atoms with E-state index in [-0.39, 0.29) is 11.1 Å². The van der Waals surface area contributed by atoms with Crippen LogP contribution >= 0.6 is 0 Å². The fourth-order valence-corrected chi connectivity index (χ4v) is 5.15. The van der Waals surface area contributed by atoms with E-state index in [1.807, 2.05) is 12.1 Å². The van der Waals surface area contributed by atoms with Crippen LogP contribution in [0.1, 0.15) is 54.7 Å². The van der Waals surface area contributed by atoms with Crippen molar-refractivity contribution in [2.24, 2.45) is 5.73 Å². The molecule has 2 aromatic rings. The Balaban J connectivity index is 1.51. The first kappa shape index (κ1) is 16.9. The number of hydrogen-bond donors (Lipinski definition) is 1. The Hall–Kier alpha value is -2.22. The lowest BCUT2D eigenvalue weighted by molar-refractivity contribution is 0.195. The van der Waals surface area contributed by atoms with E-state index in [0.29, 0.717) is 12.0 Å². The van der Waals surface area contributed by atoms with Crippen LogP contribution in [0.4, 0.5) is 4.39 Å². The van der Waals surface area contributed by atoms with Gasteiger partial charge in [-0.05, 0) is 72.4 Å². The van der Waals surface area contributed by atoms with E-state index in [4.69, 9.17) is 11.0 Å². The van der Waals surface area contributed by atoms with E-state index in [1.54, 1.807) is 6.07 Å². The molecule has 1 heterocycles. The van der Waals surface area contributed by atoms with Crippen LogP contribution in [-0.2, 0) is 6.54 Å². The molecule has 0 radical (unpaired) electrons. The minimum Gasteiger partial charge on any atom is -0.324 e. The lowest BCUT2D eigenvalue weighted by Crippen LogP contribution is -2.44. The molecule has 5 rings (SSSR count). The van der Waals surface area contributed by atoms with Crippen LogP contribution in [0, 0.1) is 17.1 Å². The molecule has 0 spiro atoms. The lowest BCUT2D eigenvalue weighted by atomic mass is 9.91. The van der Waals surface area contributed by atoms with Crippen LogP contribution in [0.2, 0.25) is 0 Å². The highest BCUT2D eigenvalue weighted by Crippen LogP contribution is 2.47. The first-order chi connectivity index (χ1) is 13.1. The van der Waals surface area contributed by atoms with Gasteiger partial charge in [0.15, 0.2) is 0 Å². The van der Waals surface area contributed by atoms with Crippen LogP contribution in [0.15, 0.2) is 36.4 Å². The molecule has 3 fully saturated rings. The molecule has 1 aliphatic heterocycles. The molecule has 2 N–H and O–H groups in total.